The third-order valence-electron chi connectivity index (χ3n) is 2.44. The molecule has 0 fully saturated rings. The molecule has 0 amide bonds. The lowest BCUT2D eigenvalue weighted by Gasteiger charge is -2.29. The van der Waals surface area contributed by atoms with Crippen LogP contribution < -0.4 is 0 Å². The van der Waals surface area contributed by atoms with Crippen LogP contribution in [0.25, 0.3) is 0 Å². The summed E-state index contributed by atoms with van der Waals surface area (Å²) in [7, 11) is 3.27. The lowest BCUT2D eigenvalue weighted by atomic mass is 10.4. The molecule has 0 atom stereocenters. The smallest absolute Gasteiger partial charge is 0.143 e. The number of hydrogen-bond donors (Lipinski definition) is 0. The summed E-state index contributed by atoms with van der Waals surface area (Å²) in [5.41, 5.74) is -0.185. The fourth-order valence-corrected chi connectivity index (χ4v) is 3.45. The van der Waals surface area contributed by atoms with Gasteiger partial charge in [-0.15, -0.1) is 0 Å². The number of rotatable bonds is 7. The molecule has 74 valence electrons. The zero-order valence-electron chi connectivity index (χ0n) is 8.85. The van der Waals surface area contributed by atoms with E-state index < -0.39 is 0 Å². The average molecular weight is 190 g/mol. The molecule has 0 aliphatic carbocycles. The SMILES string of the molecule is CCCC[SiH2]C(CC)(OC)OC. The topological polar surface area (TPSA) is 18.5 Å². The minimum atomic E-state index is -0.237. The molecule has 0 saturated carbocycles. The van der Waals surface area contributed by atoms with Crippen molar-refractivity contribution in [1.29, 1.82) is 0 Å². The van der Waals surface area contributed by atoms with Gasteiger partial charge in [-0.3, -0.25) is 0 Å². The fraction of sp³-hybridized carbons (Fsp3) is 1.00. The molecule has 12 heavy (non-hydrogen) atoms. The molecule has 0 bridgehead atoms. The predicted molar refractivity (Wildman–Crippen MR) is 55.3 cm³/mol. The fourth-order valence-electron chi connectivity index (χ4n) is 1.40. The number of hydrogen-bond acceptors (Lipinski definition) is 2. The van der Waals surface area contributed by atoms with E-state index in [1.54, 1.807) is 14.2 Å². The number of ether oxygens (including phenoxy) is 2. The monoisotopic (exact) mass is 190 g/mol. The molecule has 3 heteroatoms. The summed E-state index contributed by atoms with van der Waals surface area (Å²) in [5.74, 6) is 0. The lowest BCUT2D eigenvalue weighted by molar-refractivity contribution is -0.146. The summed E-state index contributed by atoms with van der Waals surface area (Å²) in [6.07, 6.45) is 3.58. The van der Waals surface area contributed by atoms with Crippen LogP contribution in [0, 0.1) is 0 Å². The third-order valence-corrected chi connectivity index (χ3v) is 5.14. The van der Waals surface area contributed by atoms with Gasteiger partial charge < -0.3 is 9.47 Å². The Morgan fingerprint density at radius 3 is 2.08 bits per heavy atom. The van der Waals surface area contributed by atoms with Gasteiger partial charge in [0.25, 0.3) is 0 Å². The minimum absolute atomic E-state index is 0.185. The summed E-state index contributed by atoms with van der Waals surface area (Å²) >= 11 is 0. The molecular formula is C9H22O2Si. The van der Waals surface area contributed by atoms with Gasteiger partial charge in [-0.2, -0.15) is 0 Å². The molecule has 0 aromatic carbocycles. The molecule has 0 aromatic rings. The van der Waals surface area contributed by atoms with Gasteiger partial charge in [-0.05, 0) is 6.42 Å². The van der Waals surface area contributed by atoms with E-state index in [9.17, 15) is 0 Å². The lowest BCUT2D eigenvalue weighted by Crippen LogP contribution is -2.39. The van der Waals surface area contributed by atoms with Crippen molar-refractivity contribution >= 4 is 9.52 Å². The Hall–Kier alpha value is 0.137. The van der Waals surface area contributed by atoms with Crippen LogP contribution in [0.15, 0.2) is 0 Å². The largest absolute Gasteiger partial charge is 0.358 e. The van der Waals surface area contributed by atoms with Crippen LogP contribution in [-0.2, 0) is 9.47 Å². The summed E-state index contributed by atoms with van der Waals surface area (Å²) in [4.78, 5) is 0. The number of methoxy groups -OCH3 is 2. The standard InChI is InChI=1S/C9H22O2Si/c1-5-7-8-12-9(6-2,10-3)11-4/h5-8,12H2,1-4H3. The molecule has 0 heterocycles. The maximum Gasteiger partial charge on any atom is 0.143 e. The van der Waals surface area contributed by atoms with Crippen molar-refractivity contribution < 1.29 is 9.47 Å². The van der Waals surface area contributed by atoms with Crippen LogP contribution in [-0.4, -0.2) is 29.1 Å². The van der Waals surface area contributed by atoms with Gasteiger partial charge in [0, 0.05) is 14.2 Å². The number of unbranched alkanes of at least 4 members (excludes halogenated alkanes) is 1. The van der Waals surface area contributed by atoms with Crippen LogP contribution in [0.3, 0.4) is 0 Å². The van der Waals surface area contributed by atoms with E-state index in [1.165, 1.54) is 18.9 Å². The summed E-state index contributed by atoms with van der Waals surface area (Å²) in [5, 5.41) is 0. The van der Waals surface area contributed by atoms with Gasteiger partial charge in [-0.1, -0.05) is 32.7 Å². The Labute approximate surface area is 78.5 Å². The van der Waals surface area contributed by atoms with Gasteiger partial charge in [-0.25, -0.2) is 0 Å². The van der Waals surface area contributed by atoms with E-state index in [-0.39, 0.29) is 14.9 Å². The predicted octanol–water partition coefficient (Wildman–Crippen LogP) is 1.73. The Morgan fingerprint density at radius 1 is 1.17 bits per heavy atom. The van der Waals surface area contributed by atoms with E-state index in [1.807, 2.05) is 0 Å². The molecule has 0 unspecified atom stereocenters. The van der Waals surface area contributed by atoms with E-state index in [2.05, 4.69) is 13.8 Å². The minimum Gasteiger partial charge on any atom is -0.358 e. The average Bonchev–Trinajstić information content (AvgIpc) is 2.14. The molecule has 0 spiro atoms. The first-order valence-corrected chi connectivity index (χ1v) is 6.55. The molecule has 0 aliphatic rings. The van der Waals surface area contributed by atoms with E-state index in [0.717, 1.165) is 6.42 Å². The Balaban J connectivity index is 3.76. The zero-order chi connectivity index (χ0) is 9.45. The maximum absolute atomic E-state index is 5.42. The van der Waals surface area contributed by atoms with Crippen LogP contribution in [0.4, 0.5) is 0 Å². The van der Waals surface area contributed by atoms with Gasteiger partial charge in [0.15, 0.2) is 0 Å². The van der Waals surface area contributed by atoms with Crippen molar-refractivity contribution in [2.75, 3.05) is 14.2 Å². The van der Waals surface area contributed by atoms with Crippen LogP contribution in [0.5, 0.6) is 0 Å². The first kappa shape index (κ1) is 12.1. The van der Waals surface area contributed by atoms with E-state index in [4.69, 9.17) is 9.47 Å². The summed E-state index contributed by atoms with van der Waals surface area (Å²) in [6.45, 7) is 4.35. The van der Waals surface area contributed by atoms with Crippen molar-refractivity contribution in [3.63, 3.8) is 0 Å². The zero-order valence-corrected chi connectivity index (χ0v) is 10.3. The van der Waals surface area contributed by atoms with Crippen molar-refractivity contribution in [3.8, 4) is 0 Å². The highest BCUT2D eigenvalue weighted by Crippen LogP contribution is 2.16. The van der Waals surface area contributed by atoms with Crippen LogP contribution in [0.1, 0.15) is 33.1 Å². The second-order valence-corrected chi connectivity index (χ2v) is 5.41. The second kappa shape index (κ2) is 6.63. The van der Waals surface area contributed by atoms with Crippen molar-refractivity contribution in [1.82, 2.24) is 0 Å². The Kier molecular flexibility index (Phi) is 6.71. The van der Waals surface area contributed by atoms with Crippen molar-refractivity contribution in [2.45, 2.75) is 44.6 Å². The van der Waals surface area contributed by atoms with Gasteiger partial charge >= 0.3 is 0 Å². The highest BCUT2D eigenvalue weighted by Gasteiger charge is 2.26. The molecular weight excluding hydrogens is 168 g/mol. The molecule has 0 saturated heterocycles. The quantitative estimate of drug-likeness (QED) is 0.346. The van der Waals surface area contributed by atoms with Crippen molar-refractivity contribution in [2.24, 2.45) is 0 Å². The molecule has 2 nitrogen and oxygen atoms in total. The highest BCUT2D eigenvalue weighted by molar-refractivity contribution is 6.38. The first-order valence-electron chi connectivity index (χ1n) is 4.85. The van der Waals surface area contributed by atoms with Crippen LogP contribution >= 0.6 is 0 Å². The molecule has 0 radical (unpaired) electrons. The third kappa shape index (κ3) is 3.69. The Morgan fingerprint density at radius 2 is 1.75 bits per heavy atom. The molecule has 0 aromatic heterocycles. The molecule has 0 N–H and O–H groups in total. The first-order chi connectivity index (χ1) is 5.74. The van der Waals surface area contributed by atoms with E-state index in [0.29, 0.717) is 0 Å². The summed E-state index contributed by atoms with van der Waals surface area (Å²) < 4.78 is 10.8. The molecule has 0 rings (SSSR count). The Bertz CT molecular complexity index is 94.4. The second-order valence-electron chi connectivity index (χ2n) is 3.13. The van der Waals surface area contributed by atoms with Gasteiger partial charge in [0.1, 0.15) is 5.41 Å². The van der Waals surface area contributed by atoms with E-state index >= 15 is 0 Å². The summed E-state index contributed by atoms with van der Waals surface area (Å²) in [6, 6.07) is 1.33. The molecule has 0 aliphatic heterocycles. The van der Waals surface area contributed by atoms with Crippen molar-refractivity contribution in [3.05, 3.63) is 0 Å². The van der Waals surface area contributed by atoms with Gasteiger partial charge in [0.05, 0.1) is 9.52 Å². The van der Waals surface area contributed by atoms with Gasteiger partial charge in [0.2, 0.25) is 0 Å². The van der Waals surface area contributed by atoms with Crippen LogP contribution in [0.2, 0.25) is 6.04 Å². The highest BCUT2D eigenvalue weighted by atomic mass is 28.2. The maximum atomic E-state index is 5.42. The normalized spacial score (nSPS) is 13.0.